The lowest BCUT2D eigenvalue weighted by molar-refractivity contribution is 0.415. The lowest BCUT2D eigenvalue weighted by Gasteiger charge is -1.98. The number of rotatable bonds is 3. The fourth-order valence-corrected chi connectivity index (χ4v) is 1.41. The summed E-state index contributed by atoms with van der Waals surface area (Å²) in [5, 5.41) is 0. The van der Waals surface area contributed by atoms with Gasteiger partial charge < -0.3 is 9.72 Å². The van der Waals surface area contributed by atoms with E-state index in [9.17, 15) is 0 Å². The Morgan fingerprint density at radius 3 is 2.44 bits per heavy atom. The minimum atomic E-state index is 0.842. The van der Waals surface area contributed by atoms with Gasteiger partial charge in [-0.2, -0.15) is 0 Å². The van der Waals surface area contributed by atoms with Crippen LogP contribution in [-0.2, 0) is 0 Å². The average Bonchev–Trinajstić information content (AvgIpc) is 2.73. The Bertz CT molecular complexity index is 483. The van der Waals surface area contributed by atoms with Crippen LogP contribution in [0.5, 0.6) is 5.75 Å². The molecule has 0 saturated heterocycles. The monoisotopic (exact) mass is 214 g/mol. The molecule has 0 unspecified atom stereocenters. The lowest BCUT2D eigenvalue weighted by atomic mass is 10.3. The van der Waals surface area contributed by atoms with Gasteiger partial charge in [0.15, 0.2) is 0 Å². The zero-order valence-corrected chi connectivity index (χ0v) is 9.40. The van der Waals surface area contributed by atoms with Crippen molar-refractivity contribution in [3.8, 4) is 5.75 Å². The quantitative estimate of drug-likeness (QED) is 0.783. The summed E-state index contributed by atoms with van der Waals surface area (Å²) in [6.45, 7) is 2.02. The molecule has 0 saturated carbocycles. The lowest BCUT2D eigenvalue weighted by Crippen LogP contribution is -1.81. The third kappa shape index (κ3) is 2.51. The molecule has 0 bridgehead atoms. The molecule has 3 heteroatoms. The van der Waals surface area contributed by atoms with Crippen molar-refractivity contribution in [2.24, 2.45) is 4.99 Å². The van der Waals surface area contributed by atoms with E-state index in [1.165, 1.54) is 0 Å². The number of ether oxygens (including phenoxy) is 1. The second kappa shape index (κ2) is 4.66. The number of aromatic nitrogens is 1. The molecule has 1 aromatic carbocycles. The summed E-state index contributed by atoms with van der Waals surface area (Å²) >= 11 is 0. The van der Waals surface area contributed by atoms with Gasteiger partial charge in [-0.05, 0) is 43.3 Å². The molecule has 2 aromatic rings. The highest BCUT2D eigenvalue weighted by Gasteiger charge is 1.92. The highest BCUT2D eigenvalue weighted by atomic mass is 16.5. The minimum absolute atomic E-state index is 0.842. The predicted octanol–water partition coefficient (Wildman–Crippen LogP) is 3.08. The SMILES string of the molecule is COc1ccc(/N=C/c2ccc(C)[nH]2)cc1. The number of benzene rings is 1. The van der Waals surface area contributed by atoms with E-state index in [1.807, 2.05) is 49.5 Å². The molecule has 1 aromatic heterocycles. The van der Waals surface area contributed by atoms with Gasteiger partial charge in [-0.1, -0.05) is 0 Å². The number of methoxy groups -OCH3 is 1. The molecular weight excluding hydrogens is 200 g/mol. The molecule has 1 N–H and O–H groups in total. The molecule has 82 valence electrons. The number of aliphatic imine (C=N–C) groups is 1. The molecule has 3 nitrogen and oxygen atoms in total. The molecule has 0 aliphatic heterocycles. The molecular formula is C13H14N2O. The Kier molecular flexibility index (Phi) is 3.05. The Balaban J connectivity index is 2.11. The normalized spacial score (nSPS) is 10.9. The molecule has 0 atom stereocenters. The van der Waals surface area contributed by atoms with Crippen molar-refractivity contribution in [2.75, 3.05) is 7.11 Å². The highest BCUT2D eigenvalue weighted by molar-refractivity contribution is 5.79. The molecule has 0 aliphatic carbocycles. The third-order valence-corrected chi connectivity index (χ3v) is 2.28. The molecule has 1 heterocycles. The topological polar surface area (TPSA) is 37.4 Å². The second-order valence-electron chi connectivity index (χ2n) is 3.55. The maximum absolute atomic E-state index is 5.08. The number of hydrogen-bond acceptors (Lipinski definition) is 2. The molecule has 0 aliphatic rings. The zero-order valence-electron chi connectivity index (χ0n) is 9.40. The number of nitrogens with one attached hydrogen (secondary N) is 1. The first-order chi connectivity index (χ1) is 7.78. The largest absolute Gasteiger partial charge is 0.497 e. The summed E-state index contributed by atoms with van der Waals surface area (Å²) in [4.78, 5) is 7.55. The standard InChI is InChI=1S/C13H14N2O/c1-10-3-4-12(15-10)9-14-11-5-7-13(16-2)8-6-11/h3-9,15H,1-2H3/b14-9+. The first kappa shape index (κ1) is 10.5. The van der Waals surface area contributed by atoms with Gasteiger partial charge in [0.2, 0.25) is 0 Å². The van der Waals surface area contributed by atoms with Gasteiger partial charge in [0.05, 0.1) is 24.7 Å². The molecule has 2 rings (SSSR count). The number of H-pyrrole nitrogens is 1. The summed E-state index contributed by atoms with van der Waals surface area (Å²) in [6, 6.07) is 11.7. The van der Waals surface area contributed by atoms with Crippen LogP contribution in [-0.4, -0.2) is 18.3 Å². The summed E-state index contributed by atoms with van der Waals surface area (Å²) in [5.41, 5.74) is 3.05. The van der Waals surface area contributed by atoms with Crippen molar-refractivity contribution < 1.29 is 4.74 Å². The Labute approximate surface area is 94.8 Å². The van der Waals surface area contributed by atoms with Gasteiger partial charge in [0, 0.05) is 5.69 Å². The van der Waals surface area contributed by atoms with E-state index in [-0.39, 0.29) is 0 Å². The van der Waals surface area contributed by atoms with Crippen LogP contribution in [0.3, 0.4) is 0 Å². The predicted molar refractivity (Wildman–Crippen MR) is 65.8 cm³/mol. The van der Waals surface area contributed by atoms with E-state index in [2.05, 4.69) is 9.98 Å². The number of aryl methyl sites for hydroxylation is 1. The van der Waals surface area contributed by atoms with Crippen LogP contribution in [0.1, 0.15) is 11.4 Å². The van der Waals surface area contributed by atoms with E-state index >= 15 is 0 Å². The van der Waals surface area contributed by atoms with E-state index in [0.717, 1.165) is 22.8 Å². The third-order valence-electron chi connectivity index (χ3n) is 2.28. The highest BCUT2D eigenvalue weighted by Crippen LogP contribution is 2.17. The van der Waals surface area contributed by atoms with Crippen molar-refractivity contribution in [3.63, 3.8) is 0 Å². The Morgan fingerprint density at radius 1 is 1.12 bits per heavy atom. The van der Waals surface area contributed by atoms with Gasteiger partial charge in [-0.25, -0.2) is 0 Å². The van der Waals surface area contributed by atoms with Crippen LogP contribution in [0.4, 0.5) is 5.69 Å². The maximum Gasteiger partial charge on any atom is 0.119 e. The second-order valence-corrected chi connectivity index (χ2v) is 3.55. The first-order valence-electron chi connectivity index (χ1n) is 5.11. The number of hydrogen-bond donors (Lipinski definition) is 1. The summed E-state index contributed by atoms with van der Waals surface area (Å²) < 4.78 is 5.08. The van der Waals surface area contributed by atoms with Gasteiger partial charge >= 0.3 is 0 Å². The van der Waals surface area contributed by atoms with Crippen molar-refractivity contribution in [3.05, 3.63) is 47.8 Å². The summed E-state index contributed by atoms with van der Waals surface area (Å²) in [6.07, 6.45) is 1.81. The van der Waals surface area contributed by atoms with E-state index < -0.39 is 0 Å². The van der Waals surface area contributed by atoms with Gasteiger partial charge in [-0.15, -0.1) is 0 Å². The summed E-state index contributed by atoms with van der Waals surface area (Å²) in [5.74, 6) is 0.842. The van der Waals surface area contributed by atoms with E-state index in [0.29, 0.717) is 0 Å². The summed E-state index contributed by atoms with van der Waals surface area (Å²) in [7, 11) is 1.65. The maximum atomic E-state index is 5.08. The van der Waals surface area contributed by atoms with E-state index in [4.69, 9.17) is 4.74 Å². The van der Waals surface area contributed by atoms with Crippen molar-refractivity contribution in [2.45, 2.75) is 6.92 Å². The Morgan fingerprint density at radius 2 is 1.88 bits per heavy atom. The molecule has 0 radical (unpaired) electrons. The number of nitrogens with zero attached hydrogens (tertiary/aromatic N) is 1. The van der Waals surface area contributed by atoms with Crippen LogP contribution in [0.15, 0.2) is 41.4 Å². The van der Waals surface area contributed by atoms with Crippen LogP contribution >= 0.6 is 0 Å². The minimum Gasteiger partial charge on any atom is -0.497 e. The van der Waals surface area contributed by atoms with Crippen LogP contribution < -0.4 is 4.74 Å². The van der Waals surface area contributed by atoms with Crippen molar-refractivity contribution in [1.82, 2.24) is 4.98 Å². The average molecular weight is 214 g/mol. The molecule has 0 spiro atoms. The van der Waals surface area contributed by atoms with Gasteiger partial charge in [0.25, 0.3) is 0 Å². The van der Waals surface area contributed by atoms with Crippen molar-refractivity contribution in [1.29, 1.82) is 0 Å². The number of aromatic amines is 1. The fourth-order valence-electron chi connectivity index (χ4n) is 1.41. The van der Waals surface area contributed by atoms with Crippen LogP contribution in [0, 0.1) is 6.92 Å². The van der Waals surface area contributed by atoms with Gasteiger partial charge in [0.1, 0.15) is 5.75 Å². The zero-order chi connectivity index (χ0) is 11.4. The van der Waals surface area contributed by atoms with E-state index in [1.54, 1.807) is 7.11 Å². The van der Waals surface area contributed by atoms with Crippen LogP contribution in [0.25, 0.3) is 0 Å². The Hall–Kier alpha value is -2.03. The molecule has 16 heavy (non-hydrogen) atoms. The first-order valence-corrected chi connectivity index (χ1v) is 5.11. The van der Waals surface area contributed by atoms with Gasteiger partial charge in [-0.3, -0.25) is 4.99 Å². The fraction of sp³-hybridized carbons (Fsp3) is 0.154. The smallest absolute Gasteiger partial charge is 0.119 e. The van der Waals surface area contributed by atoms with Crippen LogP contribution in [0.2, 0.25) is 0 Å². The molecule has 0 amide bonds. The molecule has 0 fully saturated rings. The van der Waals surface area contributed by atoms with Crippen molar-refractivity contribution >= 4 is 11.9 Å².